The summed E-state index contributed by atoms with van der Waals surface area (Å²) in [6.45, 7) is 3.44. The Morgan fingerprint density at radius 1 is 0.476 bits per heavy atom. The Balaban J connectivity index is 1.08. The molecule has 0 aliphatic carbocycles. The lowest BCUT2D eigenvalue weighted by Gasteiger charge is -2.08. The molecular formula is C39H31N7O13S4. The fourth-order valence-corrected chi connectivity index (χ4v) is 8.80. The number of benzene rings is 6. The van der Waals surface area contributed by atoms with Crippen LogP contribution in [-0.4, -0.2) is 66.8 Å². The van der Waals surface area contributed by atoms with E-state index >= 15 is 0 Å². The fraction of sp³-hybridized carbons (Fsp3) is 0.103. The number of nitrogens with one attached hydrogen (secondary N) is 1. The van der Waals surface area contributed by atoms with Gasteiger partial charge in [0.25, 0.3) is 40.5 Å². The predicted molar refractivity (Wildman–Crippen MR) is 226 cm³/mol. The molecule has 324 valence electrons. The average Bonchev–Trinajstić information content (AvgIpc) is 3.17. The first-order chi connectivity index (χ1) is 29.4. The number of rotatable bonds is 12. The Hall–Kier alpha value is -6.51. The average molecular weight is 934 g/mol. The van der Waals surface area contributed by atoms with Crippen LogP contribution in [0.25, 0.3) is 21.5 Å². The van der Waals surface area contributed by atoms with Crippen molar-refractivity contribution in [1.29, 1.82) is 0 Å². The Labute approximate surface area is 358 Å². The van der Waals surface area contributed by atoms with Gasteiger partial charge in [0.05, 0.1) is 21.2 Å². The van der Waals surface area contributed by atoms with Crippen molar-refractivity contribution in [2.45, 2.75) is 46.3 Å². The molecule has 7 rings (SSSR count). The molecule has 0 radical (unpaired) electrons. The first-order valence-corrected chi connectivity index (χ1v) is 23.7. The number of aryl methyl sites for hydroxylation is 2. The molecule has 0 saturated heterocycles. The summed E-state index contributed by atoms with van der Waals surface area (Å²) >= 11 is 0. The van der Waals surface area contributed by atoms with E-state index in [0.29, 0.717) is 50.2 Å². The minimum atomic E-state index is -4.84. The van der Waals surface area contributed by atoms with Crippen LogP contribution in [0.4, 0.5) is 22.7 Å². The SMILES string of the molecule is Cc1cc(Cc2nc(Cc3ccc(N=Nc4cc5ccc(S(=O)(=O)O)cc5cc4S(=O)(=O)O)c(C)c3)[nH]c(=O)n2)ccc1N=Nc1cc2ccc(S(=O)(=O)O)cc2cc1S(=O)(=O)O. The summed E-state index contributed by atoms with van der Waals surface area (Å²) < 4.78 is 134. The van der Waals surface area contributed by atoms with Crippen LogP contribution in [0.1, 0.15) is 33.9 Å². The molecule has 0 bridgehead atoms. The van der Waals surface area contributed by atoms with Crippen molar-refractivity contribution in [3.05, 3.63) is 141 Å². The molecule has 5 N–H and O–H groups in total. The van der Waals surface area contributed by atoms with Crippen LogP contribution in [0.3, 0.4) is 0 Å². The Morgan fingerprint density at radius 2 is 0.905 bits per heavy atom. The molecule has 0 aliphatic rings. The number of hydrogen-bond acceptors (Lipinski definition) is 15. The minimum Gasteiger partial charge on any atom is -0.294 e. The van der Waals surface area contributed by atoms with Crippen LogP contribution in [-0.2, 0) is 53.3 Å². The van der Waals surface area contributed by atoms with E-state index in [9.17, 15) is 56.7 Å². The van der Waals surface area contributed by atoms with Crippen molar-refractivity contribution in [2.75, 3.05) is 0 Å². The van der Waals surface area contributed by atoms with Gasteiger partial charge in [-0.1, -0.05) is 36.4 Å². The van der Waals surface area contributed by atoms with E-state index < -0.39 is 65.7 Å². The Morgan fingerprint density at radius 3 is 1.32 bits per heavy atom. The van der Waals surface area contributed by atoms with Crippen LogP contribution in [0.15, 0.2) is 142 Å². The second-order valence-electron chi connectivity index (χ2n) is 14.1. The maximum absolute atomic E-state index is 12.6. The first-order valence-electron chi connectivity index (χ1n) is 17.9. The molecule has 24 heteroatoms. The first kappa shape index (κ1) is 44.5. The third kappa shape index (κ3) is 10.4. The highest BCUT2D eigenvalue weighted by Crippen LogP contribution is 2.35. The van der Waals surface area contributed by atoms with Gasteiger partial charge in [0.15, 0.2) is 0 Å². The highest BCUT2D eigenvalue weighted by molar-refractivity contribution is 7.86. The third-order valence-electron chi connectivity index (χ3n) is 9.46. The standard InChI is InChI=1S/C39H31N7O13S4/c1-21-11-23(3-9-31(21)43-45-33-17-25-5-7-29(60(48,49)50)15-27(25)19-35(33)62(54,55)56)13-37-40-38(42-39(47)41-37)14-24-4-10-32(22(2)12-24)44-46-34-18-26-6-8-30(61(51,52)53)16-28(26)20-36(34)63(57,58)59/h3-12,15-20H,13-14H2,1-2H3,(H,48,49,50)(H,51,52,53)(H,54,55,56)(H,57,58,59)(H,40,41,42,47). The molecular weight excluding hydrogens is 903 g/mol. The van der Waals surface area contributed by atoms with E-state index in [1.807, 2.05) is 0 Å². The van der Waals surface area contributed by atoms with Crippen molar-refractivity contribution in [3.8, 4) is 0 Å². The lowest BCUT2D eigenvalue weighted by molar-refractivity contribution is 0.481. The molecule has 7 aromatic rings. The van der Waals surface area contributed by atoms with Crippen LogP contribution in [0.5, 0.6) is 0 Å². The molecule has 0 amide bonds. The minimum absolute atomic E-state index is 0.0969. The summed E-state index contributed by atoms with van der Waals surface area (Å²) in [5.41, 5.74) is 2.18. The normalized spacial score (nSPS) is 12.9. The quantitative estimate of drug-likeness (QED) is 0.0603. The van der Waals surface area contributed by atoms with E-state index in [1.54, 1.807) is 50.2 Å². The lowest BCUT2D eigenvalue weighted by Crippen LogP contribution is -2.18. The molecule has 0 unspecified atom stereocenters. The highest BCUT2D eigenvalue weighted by Gasteiger charge is 2.21. The molecule has 0 aliphatic heterocycles. The third-order valence-corrected chi connectivity index (χ3v) is 12.9. The summed E-state index contributed by atoms with van der Waals surface area (Å²) in [4.78, 5) is 21.5. The zero-order chi connectivity index (χ0) is 45.6. The number of hydrogen-bond donors (Lipinski definition) is 5. The van der Waals surface area contributed by atoms with Crippen molar-refractivity contribution >= 4 is 84.8 Å². The fourth-order valence-electron chi connectivity index (χ4n) is 6.49. The van der Waals surface area contributed by atoms with Crippen molar-refractivity contribution in [3.63, 3.8) is 0 Å². The number of azo groups is 2. The van der Waals surface area contributed by atoms with Gasteiger partial charge in [0, 0.05) is 12.8 Å². The van der Waals surface area contributed by atoms with Crippen LogP contribution in [0, 0.1) is 13.8 Å². The van der Waals surface area contributed by atoms with E-state index in [1.165, 1.54) is 24.3 Å². The largest absolute Gasteiger partial charge is 0.348 e. The second kappa shape index (κ2) is 16.6. The van der Waals surface area contributed by atoms with Crippen molar-refractivity contribution < 1.29 is 51.9 Å². The van der Waals surface area contributed by atoms with E-state index in [-0.39, 0.29) is 40.8 Å². The number of fused-ring (bicyclic) bond motifs is 2. The molecule has 0 atom stereocenters. The van der Waals surface area contributed by atoms with E-state index in [0.717, 1.165) is 36.4 Å². The van der Waals surface area contributed by atoms with Gasteiger partial charge in [0.2, 0.25) is 0 Å². The van der Waals surface area contributed by atoms with E-state index in [4.69, 9.17) is 0 Å². The van der Waals surface area contributed by atoms with Gasteiger partial charge < -0.3 is 0 Å². The summed E-state index contributed by atoms with van der Waals surface area (Å²) in [7, 11) is -18.9. The van der Waals surface area contributed by atoms with Gasteiger partial charge >= 0.3 is 5.69 Å². The maximum Gasteiger partial charge on any atom is 0.348 e. The zero-order valence-corrected chi connectivity index (χ0v) is 35.7. The molecule has 1 heterocycles. The van der Waals surface area contributed by atoms with Gasteiger partial charge in [-0.15, -0.1) is 10.2 Å². The van der Waals surface area contributed by atoms with Crippen LogP contribution < -0.4 is 5.69 Å². The summed E-state index contributed by atoms with van der Waals surface area (Å²) in [6.07, 6.45) is 0.311. The topological polar surface area (TPSA) is 326 Å². The number of nitrogens with zero attached hydrogens (tertiary/aromatic N) is 6. The second-order valence-corrected chi connectivity index (χ2v) is 19.7. The van der Waals surface area contributed by atoms with Crippen LogP contribution >= 0.6 is 0 Å². The smallest absolute Gasteiger partial charge is 0.294 e. The predicted octanol–water partition coefficient (Wildman–Crippen LogP) is 7.09. The maximum atomic E-state index is 12.6. The molecule has 0 saturated carbocycles. The zero-order valence-electron chi connectivity index (χ0n) is 32.4. The van der Waals surface area contributed by atoms with Gasteiger partial charge in [0.1, 0.15) is 32.8 Å². The molecule has 1 aromatic heterocycles. The van der Waals surface area contributed by atoms with Gasteiger partial charge in [-0.25, -0.2) is 9.78 Å². The molecule has 6 aromatic carbocycles. The molecule has 0 spiro atoms. The summed E-state index contributed by atoms with van der Waals surface area (Å²) in [5, 5.41) is 17.3. The number of H-pyrrole nitrogens is 1. The number of aromatic nitrogens is 3. The highest BCUT2D eigenvalue weighted by atomic mass is 32.2. The van der Waals surface area contributed by atoms with Gasteiger partial charge in [-0.05, 0) is 118 Å². The van der Waals surface area contributed by atoms with Crippen molar-refractivity contribution in [1.82, 2.24) is 15.0 Å². The van der Waals surface area contributed by atoms with Gasteiger partial charge in [-0.2, -0.15) is 48.9 Å². The summed E-state index contributed by atoms with van der Waals surface area (Å²) in [6, 6.07) is 21.7. The number of aromatic amines is 1. The Bertz CT molecular complexity index is 3400. The summed E-state index contributed by atoms with van der Waals surface area (Å²) in [5.74, 6) is 0.501. The Kier molecular flexibility index (Phi) is 11.8. The van der Waals surface area contributed by atoms with Crippen LogP contribution in [0.2, 0.25) is 0 Å². The van der Waals surface area contributed by atoms with Crippen molar-refractivity contribution in [2.24, 2.45) is 20.5 Å². The van der Waals surface area contributed by atoms with Gasteiger partial charge in [-0.3, -0.25) is 23.2 Å². The lowest BCUT2D eigenvalue weighted by atomic mass is 10.1. The molecule has 63 heavy (non-hydrogen) atoms. The molecule has 0 fully saturated rings. The van der Waals surface area contributed by atoms with E-state index in [2.05, 4.69) is 35.4 Å². The monoisotopic (exact) mass is 933 g/mol. The molecule has 20 nitrogen and oxygen atoms in total.